The van der Waals surface area contributed by atoms with Gasteiger partial charge in [0.25, 0.3) is 5.91 Å². The second-order valence-electron chi connectivity index (χ2n) is 7.98. The Bertz CT molecular complexity index is 1360. The number of rotatable bonds is 9. The molecule has 0 aliphatic carbocycles. The summed E-state index contributed by atoms with van der Waals surface area (Å²) >= 11 is 0.643. The summed E-state index contributed by atoms with van der Waals surface area (Å²) in [5.41, 5.74) is 10.1. The summed E-state index contributed by atoms with van der Waals surface area (Å²) in [6, 6.07) is 0.809. The summed E-state index contributed by atoms with van der Waals surface area (Å²) in [7, 11) is 1.32. The lowest BCUT2D eigenvalue weighted by Crippen LogP contribution is -2.45. The molecule has 11 nitrogen and oxygen atoms in total. The van der Waals surface area contributed by atoms with Gasteiger partial charge in [-0.25, -0.2) is 9.78 Å². The molecule has 0 saturated heterocycles. The van der Waals surface area contributed by atoms with Crippen molar-refractivity contribution in [1.29, 1.82) is 0 Å². The smallest absolute Gasteiger partial charge is 0.366 e. The van der Waals surface area contributed by atoms with Crippen LogP contribution in [0, 0.1) is 0 Å². The first-order valence-electron chi connectivity index (χ1n) is 11.1. The minimum atomic E-state index is -4.74. The Morgan fingerprint density at radius 2 is 1.87 bits per heavy atom. The summed E-state index contributed by atoms with van der Waals surface area (Å²) in [5, 5.41) is 5.78. The standard InChI is InChI=1S/C23H24F3N7O4S/c1-4-30-22(36)33-20(37-3)10(2)17-16(19(28)35)15(21-32-14(9-38-21)23(24,25)26)13(8-31-17)11-5-12(18(27)34)7-29-6-11/h5-10,20H,4H2,1-3H3,(H2,27,34)(H2,28,35)(H2,30,33,36)/t10-,20?/m0/s1. The maximum atomic E-state index is 13.4. The van der Waals surface area contributed by atoms with Crippen molar-refractivity contribution in [3.8, 4) is 21.7 Å². The fraction of sp³-hybridized carbons (Fsp3) is 0.304. The molecule has 15 heteroatoms. The van der Waals surface area contributed by atoms with E-state index in [0.717, 1.165) is 5.38 Å². The number of thiazole rings is 1. The maximum Gasteiger partial charge on any atom is 0.434 e. The second-order valence-corrected chi connectivity index (χ2v) is 8.84. The summed E-state index contributed by atoms with van der Waals surface area (Å²) in [6.45, 7) is 3.65. The number of ether oxygens (including phenoxy) is 1. The molecule has 0 radical (unpaired) electrons. The van der Waals surface area contributed by atoms with Crippen LogP contribution in [0.15, 0.2) is 30.0 Å². The molecule has 0 bridgehead atoms. The molecule has 3 aromatic heterocycles. The minimum absolute atomic E-state index is 0.0206. The largest absolute Gasteiger partial charge is 0.434 e. The van der Waals surface area contributed by atoms with Gasteiger partial charge >= 0.3 is 12.2 Å². The average molecular weight is 552 g/mol. The Kier molecular flexibility index (Phi) is 8.63. The van der Waals surface area contributed by atoms with Crippen LogP contribution in [0.25, 0.3) is 21.7 Å². The van der Waals surface area contributed by atoms with Crippen molar-refractivity contribution in [1.82, 2.24) is 25.6 Å². The van der Waals surface area contributed by atoms with Crippen LogP contribution < -0.4 is 22.1 Å². The zero-order valence-electron chi connectivity index (χ0n) is 20.4. The van der Waals surface area contributed by atoms with Gasteiger partial charge in [0.2, 0.25) is 5.91 Å². The monoisotopic (exact) mass is 551 g/mol. The molecule has 0 aliphatic heterocycles. The topological polar surface area (TPSA) is 175 Å². The first-order valence-corrected chi connectivity index (χ1v) is 11.9. The van der Waals surface area contributed by atoms with Gasteiger partial charge in [0.1, 0.15) is 11.2 Å². The number of carbonyl (C=O) groups is 3. The molecule has 4 amide bonds. The molecule has 6 N–H and O–H groups in total. The summed E-state index contributed by atoms with van der Waals surface area (Å²) in [5.74, 6) is -2.59. The normalized spacial score (nSPS) is 13.0. The highest BCUT2D eigenvalue weighted by molar-refractivity contribution is 7.13. The quantitative estimate of drug-likeness (QED) is 0.296. The number of hydrogen-bond donors (Lipinski definition) is 4. The maximum absolute atomic E-state index is 13.4. The lowest BCUT2D eigenvalue weighted by Gasteiger charge is -2.26. The average Bonchev–Trinajstić information content (AvgIpc) is 3.37. The van der Waals surface area contributed by atoms with Crippen LogP contribution in [-0.4, -0.2) is 52.7 Å². The summed E-state index contributed by atoms with van der Waals surface area (Å²) in [4.78, 5) is 48.7. The van der Waals surface area contributed by atoms with Crippen LogP contribution in [0.3, 0.4) is 0 Å². The zero-order valence-corrected chi connectivity index (χ0v) is 21.2. The van der Waals surface area contributed by atoms with E-state index in [4.69, 9.17) is 16.2 Å². The molecule has 1 unspecified atom stereocenters. The van der Waals surface area contributed by atoms with Crippen molar-refractivity contribution in [2.75, 3.05) is 13.7 Å². The van der Waals surface area contributed by atoms with Crippen molar-refractivity contribution in [2.24, 2.45) is 11.5 Å². The van der Waals surface area contributed by atoms with Gasteiger partial charge in [-0.15, -0.1) is 11.3 Å². The van der Waals surface area contributed by atoms with E-state index in [1.54, 1.807) is 13.8 Å². The van der Waals surface area contributed by atoms with Crippen LogP contribution in [0.2, 0.25) is 0 Å². The van der Waals surface area contributed by atoms with Gasteiger partial charge in [-0.05, 0) is 13.0 Å². The Labute approximate surface area is 218 Å². The first-order chi connectivity index (χ1) is 17.9. The number of methoxy groups -OCH3 is 1. The molecule has 2 atom stereocenters. The van der Waals surface area contributed by atoms with E-state index in [0.29, 0.717) is 17.9 Å². The molecule has 0 aromatic carbocycles. The lowest BCUT2D eigenvalue weighted by molar-refractivity contribution is -0.140. The third-order valence-electron chi connectivity index (χ3n) is 5.45. The highest BCUT2D eigenvalue weighted by Crippen LogP contribution is 2.41. The molecule has 202 valence electrons. The minimum Gasteiger partial charge on any atom is -0.366 e. The van der Waals surface area contributed by atoms with Crippen molar-refractivity contribution >= 4 is 29.2 Å². The van der Waals surface area contributed by atoms with E-state index >= 15 is 0 Å². The van der Waals surface area contributed by atoms with Crippen LogP contribution >= 0.6 is 11.3 Å². The van der Waals surface area contributed by atoms with Crippen molar-refractivity contribution in [3.63, 3.8) is 0 Å². The molecule has 0 saturated carbocycles. The third kappa shape index (κ3) is 6.06. The number of carbonyl (C=O) groups excluding carboxylic acids is 3. The number of nitrogens with two attached hydrogens (primary N) is 2. The fourth-order valence-electron chi connectivity index (χ4n) is 3.67. The van der Waals surface area contributed by atoms with Gasteiger partial charge in [0, 0.05) is 60.2 Å². The third-order valence-corrected chi connectivity index (χ3v) is 6.31. The number of pyridine rings is 2. The molecular weight excluding hydrogens is 527 g/mol. The Hall–Kier alpha value is -4.11. The molecule has 0 fully saturated rings. The first kappa shape index (κ1) is 28.5. The molecule has 3 heterocycles. The number of nitrogens with one attached hydrogen (secondary N) is 2. The van der Waals surface area contributed by atoms with Crippen LogP contribution in [0.4, 0.5) is 18.0 Å². The summed E-state index contributed by atoms with van der Waals surface area (Å²) in [6.07, 6.45) is -1.90. The number of amides is 4. The second kappa shape index (κ2) is 11.5. The summed E-state index contributed by atoms with van der Waals surface area (Å²) < 4.78 is 45.6. The Balaban J connectivity index is 2.30. The Morgan fingerprint density at radius 1 is 1.16 bits per heavy atom. The van der Waals surface area contributed by atoms with Gasteiger partial charge in [0.05, 0.1) is 16.8 Å². The number of urea groups is 1. The van der Waals surface area contributed by atoms with E-state index in [1.165, 1.54) is 31.8 Å². The number of primary amides is 2. The van der Waals surface area contributed by atoms with E-state index in [1.807, 2.05) is 0 Å². The zero-order chi connectivity index (χ0) is 28.2. The van der Waals surface area contributed by atoms with Gasteiger partial charge in [0.15, 0.2) is 5.69 Å². The number of aromatic nitrogens is 3. The molecule has 38 heavy (non-hydrogen) atoms. The van der Waals surface area contributed by atoms with E-state index in [9.17, 15) is 27.6 Å². The van der Waals surface area contributed by atoms with Gasteiger partial charge in [-0.3, -0.25) is 19.6 Å². The van der Waals surface area contributed by atoms with E-state index in [2.05, 4.69) is 25.6 Å². The highest BCUT2D eigenvalue weighted by atomic mass is 32.1. The molecule has 0 spiro atoms. The number of halogens is 3. The lowest BCUT2D eigenvalue weighted by atomic mass is 9.91. The van der Waals surface area contributed by atoms with Gasteiger partial charge in [-0.1, -0.05) is 6.92 Å². The van der Waals surface area contributed by atoms with Crippen molar-refractivity contribution in [2.45, 2.75) is 32.2 Å². The van der Waals surface area contributed by atoms with Crippen molar-refractivity contribution < 1.29 is 32.3 Å². The van der Waals surface area contributed by atoms with Gasteiger partial charge < -0.3 is 26.8 Å². The van der Waals surface area contributed by atoms with Crippen LogP contribution in [0.1, 0.15) is 51.9 Å². The van der Waals surface area contributed by atoms with Crippen LogP contribution in [0.5, 0.6) is 0 Å². The number of alkyl halides is 3. The van der Waals surface area contributed by atoms with Crippen LogP contribution in [-0.2, 0) is 10.9 Å². The molecular formula is C23H24F3N7O4S. The molecule has 3 rings (SSSR count). The molecule has 3 aromatic rings. The van der Waals surface area contributed by atoms with E-state index < -0.39 is 41.9 Å². The van der Waals surface area contributed by atoms with Gasteiger partial charge in [-0.2, -0.15) is 13.2 Å². The predicted molar refractivity (Wildman–Crippen MR) is 132 cm³/mol. The van der Waals surface area contributed by atoms with E-state index in [-0.39, 0.29) is 38.5 Å². The molecule has 0 aliphatic rings. The number of nitrogens with zero attached hydrogens (tertiary/aromatic N) is 3. The fourth-order valence-corrected chi connectivity index (χ4v) is 4.57. The SMILES string of the molecule is CCNC(=O)NC(OC)[C@@H](C)c1ncc(-c2cncc(C(N)=O)c2)c(-c2nc(C(F)(F)F)cs2)c1C(N)=O. The Morgan fingerprint density at radius 3 is 2.42 bits per heavy atom. The number of hydrogen-bond acceptors (Lipinski definition) is 8. The highest BCUT2D eigenvalue weighted by Gasteiger charge is 2.36. The predicted octanol–water partition coefficient (Wildman–Crippen LogP) is 2.88. The van der Waals surface area contributed by atoms with Crippen molar-refractivity contribution in [3.05, 3.63) is 52.6 Å².